The quantitative estimate of drug-likeness (QED) is 0.434. The predicted octanol–water partition coefficient (Wildman–Crippen LogP) is 3.45. The van der Waals surface area contributed by atoms with Crippen LogP contribution < -0.4 is 10.2 Å². The van der Waals surface area contributed by atoms with Crippen LogP contribution in [-0.2, 0) is 10.2 Å². The van der Waals surface area contributed by atoms with Crippen molar-refractivity contribution in [3.63, 3.8) is 0 Å². The van der Waals surface area contributed by atoms with E-state index in [0.29, 0.717) is 17.8 Å². The lowest BCUT2D eigenvalue weighted by Crippen LogP contribution is -2.36. The molecule has 1 aromatic carbocycles. The third kappa shape index (κ3) is 3.80. The summed E-state index contributed by atoms with van der Waals surface area (Å²) in [7, 11) is 0. The molecular weight excluding hydrogens is 374 g/mol. The number of aromatic nitrogens is 2. The van der Waals surface area contributed by atoms with E-state index in [2.05, 4.69) is 22.2 Å². The highest BCUT2D eigenvalue weighted by molar-refractivity contribution is 6.10. The summed E-state index contributed by atoms with van der Waals surface area (Å²) < 4.78 is 0. The Balaban J connectivity index is 2.02. The zero-order chi connectivity index (χ0) is 21.2. The van der Waals surface area contributed by atoms with Crippen LogP contribution in [0.15, 0.2) is 30.7 Å². The Morgan fingerprint density at radius 3 is 2.66 bits per heavy atom. The molecule has 1 aliphatic rings. The van der Waals surface area contributed by atoms with E-state index in [1.807, 2.05) is 0 Å². The molecule has 0 saturated carbocycles. The average molecular weight is 397 g/mol. The number of hydrogen-bond acceptors (Lipinski definition) is 6. The molecule has 3 rings (SSSR count). The highest BCUT2D eigenvalue weighted by atomic mass is 16.6. The average Bonchev–Trinajstić information content (AvgIpc) is 2.88. The van der Waals surface area contributed by atoms with Crippen LogP contribution in [0, 0.1) is 10.1 Å². The molecule has 1 aromatic heterocycles. The molecule has 0 radical (unpaired) electrons. The summed E-state index contributed by atoms with van der Waals surface area (Å²) in [6, 6.07) is 2.90. The van der Waals surface area contributed by atoms with E-state index in [4.69, 9.17) is 0 Å². The maximum atomic E-state index is 13.0. The van der Waals surface area contributed by atoms with E-state index in [0.717, 1.165) is 19.3 Å². The minimum absolute atomic E-state index is 0.0284. The molecule has 0 aliphatic carbocycles. The van der Waals surface area contributed by atoms with Gasteiger partial charge >= 0.3 is 0 Å². The third-order valence-electron chi connectivity index (χ3n) is 5.08. The van der Waals surface area contributed by atoms with Gasteiger partial charge in [-0.3, -0.25) is 24.7 Å². The number of rotatable bonds is 7. The monoisotopic (exact) mass is 397 g/mol. The first-order valence-corrected chi connectivity index (χ1v) is 9.49. The van der Waals surface area contributed by atoms with Gasteiger partial charge in [0.1, 0.15) is 11.4 Å². The Hall–Kier alpha value is -3.36. The van der Waals surface area contributed by atoms with Crippen molar-refractivity contribution in [1.29, 1.82) is 0 Å². The van der Waals surface area contributed by atoms with Gasteiger partial charge in [0.2, 0.25) is 5.91 Å². The van der Waals surface area contributed by atoms with E-state index in [1.54, 1.807) is 18.7 Å². The second kappa shape index (κ2) is 7.94. The van der Waals surface area contributed by atoms with Crippen LogP contribution >= 0.6 is 0 Å². The van der Waals surface area contributed by atoms with Crippen LogP contribution in [0.4, 0.5) is 17.1 Å². The summed E-state index contributed by atoms with van der Waals surface area (Å²) in [4.78, 5) is 45.9. The number of benzene rings is 1. The van der Waals surface area contributed by atoms with E-state index in [1.165, 1.54) is 30.7 Å². The third-order valence-corrected chi connectivity index (χ3v) is 5.08. The molecule has 0 unspecified atom stereocenters. The van der Waals surface area contributed by atoms with Gasteiger partial charge in [0, 0.05) is 25.0 Å². The fourth-order valence-corrected chi connectivity index (χ4v) is 3.46. The van der Waals surface area contributed by atoms with E-state index >= 15 is 0 Å². The van der Waals surface area contributed by atoms with Crippen molar-refractivity contribution in [3.05, 3.63) is 52.1 Å². The Morgan fingerprint density at radius 1 is 1.28 bits per heavy atom. The van der Waals surface area contributed by atoms with Crippen LogP contribution in [0.25, 0.3) is 0 Å². The number of nitrogens with zero attached hydrogens (tertiary/aromatic N) is 4. The van der Waals surface area contributed by atoms with Crippen LogP contribution in [0.1, 0.15) is 56.1 Å². The van der Waals surface area contributed by atoms with Crippen molar-refractivity contribution in [2.45, 2.75) is 45.4 Å². The van der Waals surface area contributed by atoms with Gasteiger partial charge in [0.05, 0.1) is 22.2 Å². The van der Waals surface area contributed by atoms with Gasteiger partial charge in [-0.2, -0.15) is 0 Å². The first kappa shape index (κ1) is 20.4. The first-order chi connectivity index (χ1) is 13.8. The lowest BCUT2D eigenvalue weighted by molar-refractivity contribution is -0.383. The molecule has 9 nitrogen and oxygen atoms in total. The van der Waals surface area contributed by atoms with Gasteiger partial charge < -0.3 is 10.2 Å². The summed E-state index contributed by atoms with van der Waals surface area (Å²) >= 11 is 0. The SMILES string of the molecule is CCCCCN1C(=O)C(C)(C)c2cc(NC(=O)c3cnccn3)c([N+](=O)[O-])cc21. The van der Waals surface area contributed by atoms with Crippen LogP contribution in [0.3, 0.4) is 0 Å². The van der Waals surface area contributed by atoms with Gasteiger partial charge in [-0.1, -0.05) is 19.8 Å². The molecule has 9 heteroatoms. The summed E-state index contributed by atoms with van der Waals surface area (Å²) in [6.45, 7) is 6.15. The number of unbranched alkanes of at least 4 members (excludes halogenated alkanes) is 2. The number of nitro benzene ring substituents is 1. The predicted molar refractivity (Wildman–Crippen MR) is 108 cm³/mol. The maximum absolute atomic E-state index is 13.0. The molecule has 29 heavy (non-hydrogen) atoms. The van der Waals surface area contributed by atoms with Gasteiger partial charge in [0.15, 0.2) is 0 Å². The minimum Gasteiger partial charge on any atom is -0.315 e. The van der Waals surface area contributed by atoms with Crippen molar-refractivity contribution < 1.29 is 14.5 Å². The summed E-state index contributed by atoms with van der Waals surface area (Å²) in [6.07, 6.45) is 6.85. The second-order valence-electron chi connectivity index (χ2n) is 7.48. The summed E-state index contributed by atoms with van der Waals surface area (Å²) in [5.74, 6) is -0.710. The van der Waals surface area contributed by atoms with Gasteiger partial charge in [0.25, 0.3) is 11.6 Å². The Bertz CT molecular complexity index is 959. The molecule has 0 bridgehead atoms. The van der Waals surface area contributed by atoms with Crippen LogP contribution in [0.2, 0.25) is 0 Å². The molecule has 2 aromatic rings. The van der Waals surface area contributed by atoms with Crippen molar-refractivity contribution in [2.24, 2.45) is 0 Å². The van der Waals surface area contributed by atoms with Crippen molar-refractivity contribution >= 4 is 28.9 Å². The highest BCUT2D eigenvalue weighted by Crippen LogP contribution is 2.46. The molecule has 2 amide bonds. The first-order valence-electron chi connectivity index (χ1n) is 9.49. The number of hydrogen-bond donors (Lipinski definition) is 1. The van der Waals surface area contributed by atoms with Crippen LogP contribution in [-0.4, -0.2) is 33.3 Å². The number of carbonyl (C=O) groups excluding carboxylic acids is 2. The normalized spacial score (nSPS) is 14.6. The topological polar surface area (TPSA) is 118 Å². The maximum Gasteiger partial charge on any atom is 0.294 e. The highest BCUT2D eigenvalue weighted by Gasteiger charge is 2.45. The van der Waals surface area contributed by atoms with Gasteiger partial charge in [-0.25, -0.2) is 4.98 Å². The van der Waals surface area contributed by atoms with E-state index in [9.17, 15) is 19.7 Å². The molecule has 2 heterocycles. The standard InChI is InChI=1S/C20H23N5O4/c1-4-5-6-9-24-16-11-17(25(28)29)14(10-13(16)20(2,3)19(24)27)23-18(26)15-12-21-7-8-22-15/h7-8,10-12H,4-6,9H2,1-3H3,(H,23,26). The van der Waals surface area contributed by atoms with Crippen molar-refractivity contribution in [1.82, 2.24) is 9.97 Å². The van der Waals surface area contributed by atoms with Crippen molar-refractivity contribution in [3.8, 4) is 0 Å². The number of fused-ring (bicyclic) bond motifs is 1. The lowest BCUT2D eigenvalue weighted by Gasteiger charge is -2.20. The van der Waals surface area contributed by atoms with Crippen molar-refractivity contribution in [2.75, 3.05) is 16.8 Å². The molecule has 1 N–H and O–H groups in total. The zero-order valence-corrected chi connectivity index (χ0v) is 16.6. The molecule has 0 atom stereocenters. The molecule has 0 saturated heterocycles. The number of nitro groups is 1. The molecule has 1 aliphatic heterocycles. The smallest absolute Gasteiger partial charge is 0.294 e. The Morgan fingerprint density at radius 2 is 2.03 bits per heavy atom. The van der Waals surface area contributed by atoms with E-state index in [-0.39, 0.29) is 23.0 Å². The number of carbonyl (C=O) groups is 2. The number of nitrogens with one attached hydrogen (secondary N) is 1. The van der Waals surface area contributed by atoms with E-state index < -0.39 is 16.2 Å². The molecule has 0 spiro atoms. The zero-order valence-electron chi connectivity index (χ0n) is 16.6. The Kier molecular flexibility index (Phi) is 5.58. The van der Waals surface area contributed by atoms with Gasteiger partial charge in [-0.15, -0.1) is 0 Å². The Labute approximate surface area is 168 Å². The van der Waals surface area contributed by atoms with Gasteiger partial charge in [-0.05, 0) is 31.9 Å². The number of anilines is 2. The van der Waals surface area contributed by atoms with Crippen LogP contribution in [0.5, 0.6) is 0 Å². The summed E-state index contributed by atoms with van der Waals surface area (Å²) in [5.41, 5.74) is 0.133. The summed E-state index contributed by atoms with van der Waals surface area (Å²) in [5, 5.41) is 14.2. The fourth-order valence-electron chi connectivity index (χ4n) is 3.46. The molecular formula is C20H23N5O4. The molecule has 152 valence electrons. The number of amides is 2. The lowest BCUT2D eigenvalue weighted by atomic mass is 9.85. The molecule has 0 fully saturated rings. The largest absolute Gasteiger partial charge is 0.315 e. The fraction of sp³-hybridized carbons (Fsp3) is 0.400. The minimum atomic E-state index is -0.845. The second-order valence-corrected chi connectivity index (χ2v) is 7.48.